The van der Waals surface area contributed by atoms with Crippen molar-refractivity contribution in [2.75, 3.05) is 29.9 Å². The van der Waals surface area contributed by atoms with Crippen molar-refractivity contribution in [1.29, 1.82) is 0 Å². The molecule has 3 aromatic rings. The van der Waals surface area contributed by atoms with Crippen molar-refractivity contribution in [3.05, 3.63) is 35.9 Å². The van der Waals surface area contributed by atoms with Gasteiger partial charge in [0.1, 0.15) is 5.82 Å². The highest BCUT2D eigenvalue weighted by Gasteiger charge is 2.33. The second-order valence-corrected chi connectivity index (χ2v) is 9.00. The van der Waals surface area contributed by atoms with E-state index in [1.54, 1.807) is 0 Å². The molecule has 0 aromatic carbocycles. The van der Waals surface area contributed by atoms with Crippen LogP contribution in [0, 0.1) is 0 Å². The van der Waals surface area contributed by atoms with Gasteiger partial charge in [-0.25, -0.2) is 9.97 Å². The molecule has 8 nitrogen and oxygen atoms in total. The van der Waals surface area contributed by atoms with Crippen LogP contribution >= 0.6 is 0 Å². The van der Waals surface area contributed by atoms with E-state index in [1.165, 1.54) is 18.4 Å². The van der Waals surface area contributed by atoms with Crippen molar-refractivity contribution in [3.8, 4) is 0 Å². The Bertz CT molecular complexity index is 993. The zero-order valence-corrected chi connectivity index (χ0v) is 16.9. The number of likely N-dealkylation sites (N-methyl/N-ethyl adjacent to an activating group) is 1. The molecule has 5 rings (SSSR count). The normalized spacial score (nSPS) is 17.8. The van der Waals surface area contributed by atoms with Crippen LogP contribution in [0.3, 0.4) is 0 Å². The Kier molecular flexibility index (Phi) is 3.79. The van der Waals surface area contributed by atoms with Crippen LogP contribution < -0.4 is 9.80 Å². The van der Waals surface area contributed by atoms with E-state index in [9.17, 15) is 0 Å². The van der Waals surface area contributed by atoms with Crippen LogP contribution in [0.5, 0.6) is 0 Å². The van der Waals surface area contributed by atoms with E-state index in [4.69, 9.17) is 5.10 Å². The van der Waals surface area contributed by atoms with E-state index in [0.29, 0.717) is 12.0 Å². The number of rotatable bonds is 4. The summed E-state index contributed by atoms with van der Waals surface area (Å²) in [5, 5.41) is 13.4. The van der Waals surface area contributed by atoms with E-state index in [2.05, 4.69) is 57.8 Å². The van der Waals surface area contributed by atoms with Crippen molar-refractivity contribution in [1.82, 2.24) is 29.8 Å². The number of hydrogen-bond donors (Lipinski definition) is 0. The van der Waals surface area contributed by atoms with Gasteiger partial charge in [-0.05, 0) is 36.5 Å². The van der Waals surface area contributed by atoms with Crippen LogP contribution in [0.25, 0.3) is 5.65 Å². The molecule has 4 heterocycles. The van der Waals surface area contributed by atoms with Gasteiger partial charge in [-0.1, -0.05) is 20.8 Å². The topological polar surface area (TPSA) is 75.3 Å². The summed E-state index contributed by atoms with van der Waals surface area (Å²) in [6, 6.07) is 4.39. The van der Waals surface area contributed by atoms with Crippen molar-refractivity contribution >= 4 is 17.4 Å². The van der Waals surface area contributed by atoms with Crippen LogP contribution in [0.2, 0.25) is 0 Å². The summed E-state index contributed by atoms with van der Waals surface area (Å²) in [5.41, 5.74) is 1.95. The predicted octanol–water partition coefficient (Wildman–Crippen LogP) is 2.41. The molecular weight excluding hydrogens is 352 g/mol. The zero-order valence-electron chi connectivity index (χ0n) is 16.9. The van der Waals surface area contributed by atoms with Crippen LogP contribution in [0.4, 0.5) is 11.8 Å². The minimum atomic E-state index is -0.104. The Hall–Kier alpha value is -2.77. The van der Waals surface area contributed by atoms with Gasteiger partial charge in [0, 0.05) is 37.9 Å². The lowest BCUT2D eigenvalue weighted by molar-refractivity contribution is 0.480. The largest absolute Gasteiger partial charge is 0.351 e. The van der Waals surface area contributed by atoms with Gasteiger partial charge in [0.25, 0.3) is 0 Å². The first-order valence-corrected chi connectivity index (χ1v) is 9.93. The molecule has 2 fully saturated rings. The lowest BCUT2D eigenvalue weighted by atomic mass is 9.96. The third kappa shape index (κ3) is 2.96. The van der Waals surface area contributed by atoms with E-state index < -0.39 is 0 Å². The molecule has 146 valence electrons. The number of fused-ring (bicyclic) bond motifs is 1. The van der Waals surface area contributed by atoms with Gasteiger partial charge in [0.15, 0.2) is 11.5 Å². The molecule has 0 atom stereocenters. The molecule has 0 spiro atoms. The third-order valence-corrected chi connectivity index (χ3v) is 5.68. The maximum absolute atomic E-state index is 4.80. The van der Waals surface area contributed by atoms with Gasteiger partial charge in [0.05, 0.1) is 6.04 Å². The highest BCUT2D eigenvalue weighted by atomic mass is 15.4. The van der Waals surface area contributed by atoms with Gasteiger partial charge in [-0.15, -0.1) is 15.3 Å². The van der Waals surface area contributed by atoms with E-state index in [1.807, 2.05) is 29.0 Å². The molecule has 0 bridgehead atoms. The van der Waals surface area contributed by atoms with E-state index >= 15 is 0 Å². The molecule has 8 heteroatoms. The first kappa shape index (κ1) is 17.3. The summed E-state index contributed by atoms with van der Waals surface area (Å²) in [6.45, 7) is 8.17. The second-order valence-electron chi connectivity index (χ2n) is 9.00. The first-order valence-electron chi connectivity index (χ1n) is 9.93. The van der Waals surface area contributed by atoms with Gasteiger partial charge in [0.2, 0.25) is 5.95 Å². The minimum absolute atomic E-state index is 0.104. The quantitative estimate of drug-likeness (QED) is 0.690. The highest BCUT2D eigenvalue weighted by Crippen LogP contribution is 2.39. The summed E-state index contributed by atoms with van der Waals surface area (Å²) in [6.07, 6.45) is 6.53. The molecular formula is C20H26N8. The summed E-state index contributed by atoms with van der Waals surface area (Å²) >= 11 is 0. The molecule has 1 saturated carbocycles. The fourth-order valence-corrected chi connectivity index (χ4v) is 3.61. The summed E-state index contributed by atoms with van der Waals surface area (Å²) in [4.78, 5) is 13.6. The predicted molar refractivity (Wildman–Crippen MR) is 108 cm³/mol. The number of hydrogen-bond acceptors (Lipinski definition) is 7. The summed E-state index contributed by atoms with van der Waals surface area (Å²) in [7, 11) is 2.07. The molecule has 1 saturated heterocycles. The fraction of sp³-hybridized carbons (Fsp3) is 0.550. The van der Waals surface area contributed by atoms with Crippen LogP contribution in [-0.4, -0.2) is 56.0 Å². The molecule has 1 aliphatic heterocycles. The molecule has 0 radical (unpaired) electrons. The smallest absolute Gasteiger partial charge is 0.225 e. The summed E-state index contributed by atoms with van der Waals surface area (Å²) in [5.74, 6) is 3.32. The Morgan fingerprint density at radius 1 is 1.04 bits per heavy atom. The van der Waals surface area contributed by atoms with Crippen molar-refractivity contribution in [3.63, 3.8) is 0 Å². The van der Waals surface area contributed by atoms with Crippen molar-refractivity contribution in [2.24, 2.45) is 0 Å². The molecule has 0 N–H and O–H groups in total. The molecule has 0 unspecified atom stereocenters. The standard InChI is InChI=1S/C20H26N8/c1-20(2,3)18-24-23-16-7-8-17(25-28(16)18)27-11-15(12-27)26(4)19-21-9-14(10-22-19)13-5-6-13/h7-10,13,15H,5-6,11-12H2,1-4H3. The molecule has 3 aromatic heterocycles. The Morgan fingerprint density at radius 2 is 1.75 bits per heavy atom. The monoisotopic (exact) mass is 378 g/mol. The first-order chi connectivity index (χ1) is 13.4. The Labute approximate surface area is 164 Å². The van der Waals surface area contributed by atoms with E-state index in [-0.39, 0.29) is 5.41 Å². The molecule has 2 aliphatic rings. The number of nitrogens with zero attached hydrogens (tertiary/aromatic N) is 8. The average Bonchev–Trinajstić information content (AvgIpc) is 3.38. The molecule has 28 heavy (non-hydrogen) atoms. The summed E-state index contributed by atoms with van der Waals surface area (Å²) < 4.78 is 1.87. The Balaban J connectivity index is 1.29. The fourth-order valence-electron chi connectivity index (χ4n) is 3.61. The van der Waals surface area contributed by atoms with Crippen LogP contribution in [0.1, 0.15) is 50.9 Å². The van der Waals surface area contributed by atoms with Gasteiger partial charge in [-0.2, -0.15) is 4.52 Å². The highest BCUT2D eigenvalue weighted by molar-refractivity contribution is 5.50. The second kappa shape index (κ2) is 6.12. The lowest BCUT2D eigenvalue weighted by Gasteiger charge is -2.44. The lowest BCUT2D eigenvalue weighted by Crippen LogP contribution is -2.59. The van der Waals surface area contributed by atoms with Crippen molar-refractivity contribution < 1.29 is 0 Å². The Morgan fingerprint density at radius 3 is 2.39 bits per heavy atom. The van der Waals surface area contributed by atoms with Crippen LogP contribution in [-0.2, 0) is 5.41 Å². The SMILES string of the molecule is CN(c1ncc(C2CC2)cn1)C1CN(c2ccc3nnc(C(C)(C)C)n3n2)C1. The maximum atomic E-state index is 4.80. The maximum Gasteiger partial charge on any atom is 0.225 e. The third-order valence-electron chi connectivity index (χ3n) is 5.68. The van der Waals surface area contributed by atoms with Gasteiger partial charge >= 0.3 is 0 Å². The minimum Gasteiger partial charge on any atom is -0.351 e. The molecule has 1 aliphatic carbocycles. The van der Waals surface area contributed by atoms with Gasteiger partial charge in [-0.3, -0.25) is 0 Å². The molecule has 0 amide bonds. The number of anilines is 2. The van der Waals surface area contributed by atoms with Crippen molar-refractivity contribution in [2.45, 2.75) is 51.0 Å². The average molecular weight is 378 g/mol. The van der Waals surface area contributed by atoms with E-state index in [0.717, 1.165) is 36.3 Å². The number of aromatic nitrogens is 6. The van der Waals surface area contributed by atoms with Crippen LogP contribution in [0.15, 0.2) is 24.5 Å². The van der Waals surface area contributed by atoms with Gasteiger partial charge < -0.3 is 9.80 Å². The zero-order chi connectivity index (χ0) is 19.5.